The van der Waals surface area contributed by atoms with Crippen molar-refractivity contribution < 1.29 is 39.3 Å². The van der Waals surface area contributed by atoms with Crippen molar-refractivity contribution >= 4 is 29.6 Å². The van der Waals surface area contributed by atoms with Crippen LogP contribution in [0.5, 0.6) is 0 Å². The molecule has 1 fully saturated rings. The van der Waals surface area contributed by atoms with E-state index in [9.17, 15) is 29.1 Å². The highest BCUT2D eigenvalue weighted by Gasteiger charge is 2.37. The van der Waals surface area contributed by atoms with Gasteiger partial charge in [-0.2, -0.15) is 0 Å². The van der Waals surface area contributed by atoms with Crippen molar-refractivity contribution in [3.8, 4) is 0 Å². The van der Waals surface area contributed by atoms with Crippen molar-refractivity contribution in [1.29, 1.82) is 0 Å². The third-order valence-corrected chi connectivity index (χ3v) is 4.47. The highest BCUT2D eigenvalue weighted by Crippen LogP contribution is 2.19. The van der Waals surface area contributed by atoms with Crippen LogP contribution >= 0.6 is 0 Å². The minimum absolute atomic E-state index is 0.0262. The Morgan fingerprint density at radius 3 is 2.21 bits per heavy atom. The zero-order chi connectivity index (χ0) is 22.1. The maximum absolute atomic E-state index is 12.5. The zero-order valence-electron chi connectivity index (χ0n) is 15.7. The van der Waals surface area contributed by atoms with E-state index in [1.54, 1.807) is 0 Å². The van der Waals surface area contributed by atoms with Gasteiger partial charge in [-0.15, -0.1) is 0 Å². The Hall–Kier alpha value is -2.77. The maximum atomic E-state index is 12.5. The summed E-state index contributed by atoms with van der Waals surface area (Å²) in [5.41, 5.74) is 10.8. The molecule has 4 amide bonds. The molecule has 1 aliphatic rings. The number of aliphatic hydroxyl groups is 2. The largest absolute Gasteiger partial charge is 0.480 e. The lowest BCUT2D eigenvalue weighted by atomic mass is 10.1. The first-order valence-corrected chi connectivity index (χ1v) is 9.02. The van der Waals surface area contributed by atoms with Crippen LogP contribution in [0, 0.1) is 0 Å². The van der Waals surface area contributed by atoms with Gasteiger partial charge >= 0.3 is 5.97 Å². The third-order valence-electron chi connectivity index (χ3n) is 4.47. The molecule has 0 aromatic heterocycles. The fourth-order valence-electron chi connectivity index (χ4n) is 2.86. The molecule has 0 aromatic rings. The van der Waals surface area contributed by atoms with Gasteiger partial charge in [-0.25, -0.2) is 4.79 Å². The fraction of sp³-hybridized carbons (Fsp3) is 0.688. The lowest BCUT2D eigenvalue weighted by Crippen LogP contribution is -2.58. The standard InChI is InChI=1S/C16H27N5O8/c17-8(3-4-12(18)24)15(27)21-5-1-2-11(21)14(26)19-9(6-22)13(25)20-10(7-23)16(28)29/h8-11,22-23H,1-7,17H2,(H2,18,24)(H,19,26)(H,20,25)(H,28,29). The summed E-state index contributed by atoms with van der Waals surface area (Å²) in [6.07, 6.45) is 0.751. The first kappa shape index (κ1) is 24.3. The van der Waals surface area contributed by atoms with E-state index >= 15 is 0 Å². The van der Waals surface area contributed by atoms with Crippen LogP contribution in [-0.2, 0) is 24.0 Å². The van der Waals surface area contributed by atoms with Crippen LogP contribution in [0.3, 0.4) is 0 Å². The lowest BCUT2D eigenvalue weighted by molar-refractivity contribution is -0.144. The lowest BCUT2D eigenvalue weighted by Gasteiger charge is -2.28. The molecular weight excluding hydrogens is 390 g/mol. The number of hydrogen-bond donors (Lipinski definition) is 7. The fourth-order valence-corrected chi connectivity index (χ4v) is 2.86. The summed E-state index contributed by atoms with van der Waals surface area (Å²) >= 11 is 0. The highest BCUT2D eigenvalue weighted by molar-refractivity contribution is 5.94. The van der Waals surface area contributed by atoms with E-state index < -0.39 is 67.0 Å². The minimum Gasteiger partial charge on any atom is -0.480 e. The summed E-state index contributed by atoms with van der Waals surface area (Å²) in [6.45, 7) is -1.45. The van der Waals surface area contributed by atoms with Crippen molar-refractivity contribution in [3.63, 3.8) is 0 Å². The van der Waals surface area contributed by atoms with E-state index in [1.807, 2.05) is 5.32 Å². The maximum Gasteiger partial charge on any atom is 0.328 e. The van der Waals surface area contributed by atoms with E-state index in [2.05, 4.69) is 5.32 Å². The molecule has 0 aromatic carbocycles. The van der Waals surface area contributed by atoms with Crippen molar-refractivity contribution in [2.75, 3.05) is 19.8 Å². The molecule has 13 heteroatoms. The molecule has 29 heavy (non-hydrogen) atoms. The Kier molecular flexibility index (Phi) is 9.44. The number of carboxylic acids is 1. The van der Waals surface area contributed by atoms with Crippen molar-refractivity contribution in [1.82, 2.24) is 15.5 Å². The highest BCUT2D eigenvalue weighted by atomic mass is 16.4. The normalized spacial score (nSPS) is 19.1. The van der Waals surface area contributed by atoms with Crippen LogP contribution in [0.4, 0.5) is 0 Å². The van der Waals surface area contributed by atoms with Gasteiger partial charge in [0.05, 0.1) is 19.3 Å². The van der Waals surface area contributed by atoms with Gasteiger partial charge in [0, 0.05) is 13.0 Å². The molecule has 0 saturated carbocycles. The number of likely N-dealkylation sites (tertiary alicyclic amines) is 1. The second-order valence-corrected chi connectivity index (χ2v) is 6.63. The summed E-state index contributed by atoms with van der Waals surface area (Å²) in [5.74, 6) is -4.36. The molecule has 1 heterocycles. The monoisotopic (exact) mass is 417 g/mol. The topological polar surface area (TPSA) is 225 Å². The zero-order valence-corrected chi connectivity index (χ0v) is 15.7. The van der Waals surface area contributed by atoms with Gasteiger partial charge in [-0.3, -0.25) is 19.2 Å². The Morgan fingerprint density at radius 1 is 1.07 bits per heavy atom. The molecule has 1 rings (SSSR count). The molecule has 1 saturated heterocycles. The molecule has 0 aliphatic carbocycles. The first-order chi connectivity index (χ1) is 13.6. The van der Waals surface area contributed by atoms with Crippen molar-refractivity contribution in [2.45, 2.75) is 49.9 Å². The molecule has 0 spiro atoms. The van der Waals surface area contributed by atoms with Crippen LogP contribution in [0.2, 0.25) is 0 Å². The van der Waals surface area contributed by atoms with Gasteiger partial charge in [0.25, 0.3) is 0 Å². The van der Waals surface area contributed by atoms with Crippen LogP contribution in [0.1, 0.15) is 25.7 Å². The summed E-state index contributed by atoms with van der Waals surface area (Å²) in [4.78, 5) is 60.0. The van der Waals surface area contributed by atoms with E-state index in [-0.39, 0.29) is 19.4 Å². The summed E-state index contributed by atoms with van der Waals surface area (Å²) in [6, 6.07) is -5.02. The summed E-state index contributed by atoms with van der Waals surface area (Å²) in [5, 5.41) is 31.4. The van der Waals surface area contributed by atoms with Gasteiger partial charge in [-0.05, 0) is 19.3 Å². The van der Waals surface area contributed by atoms with E-state index in [0.717, 1.165) is 0 Å². The molecule has 4 unspecified atom stereocenters. The average molecular weight is 417 g/mol. The number of carbonyl (C=O) groups excluding carboxylic acids is 4. The molecular formula is C16H27N5O8. The van der Waals surface area contributed by atoms with Gasteiger partial charge in [0.2, 0.25) is 23.6 Å². The third kappa shape index (κ3) is 6.96. The van der Waals surface area contributed by atoms with Crippen LogP contribution < -0.4 is 22.1 Å². The number of nitrogens with two attached hydrogens (primary N) is 2. The van der Waals surface area contributed by atoms with E-state index in [1.165, 1.54) is 4.90 Å². The average Bonchev–Trinajstić information content (AvgIpc) is 3.16. The Balaban J connectivity index is 2.74. The number of rotatable bonds is 11. The van der Waals surface area contributed by atoms with Gasteiger partial charge in [-0.1, -0.05) is 0 Å². The minimum atomic E-state index is -1.60. The van der Waals surface area contributed by atoms with Gasteiger partial charge in [0.15, 0.2) is 0 Å². The molecule has 164 valence electrons. The second kappa shape index (κ2) is 11.3. The van der Waals surface area contributed by atoms with E-state index in [4.69, 9.17) is 21.7 Å². The Bertz CT molecular complexity index is 643. The van der Waals surface area contributed by atoms with Crippen molar-refractivity contribution in [2.24, 2.45) is 11.5 Å². The Morgan fingerprint density at radius 2 is 1.69 bits per heavy atom. The molecule has 0 bridgehead atoms. The van der Waals surface area contributed by atoms with Crippen LogP contribution in [0.25, 0.3) is 0 Å². The number of carboxylic acid groups (broad SMARTS) is 1. The second-order valence-electron chi connectivity index (χ2n) is 6.63. The predicted octanol–water partition coefficient (Wildman–Crippen LogP) is -4.39. The summed E-state index contributed by atoms with van der Waals surface area (Å²) < 4.78 is 0. The van der Waals surface area contributed by atoms with Gasteiger partial charge < -0.3 is 42.3 Å². The molecule has 13 nitrogen and oxygen atoms in total. The Labute approximate surface area is 166 Å². The molecule has 0 radical (unpaired) electrons. The smallest absolute Gasteiger partial charge is 0.328 e. The van der Waals surface area contributed by atoms with Crippen molar-refractivity contribution in [3.05, 3.63) is 0 Å². The molecule has 9 N–H and O–H groups in total. The number of nitrogens with zero attached hydrogens (tertiary/aromatic N) is 1. The van der Waals surface area contributed by atoms with Crippen LogP contribution in [-0.4, -0.2) is 93.7 Å². The predicted molar refractivity (Wildman–Crippen MR) is 96.8 cm³/mol. The number of carbonyl (C=O) groups is 5. The SMILES string of the molecule is NC(=O)CCC(N)C(=O)N1CCCC1C(=O)NC(CO)C(=O)NC(CO)C(=O)O. The number of hydrogen-bond acceptors (Lipinski definition) is 8. The first-order valence-electron chi connectivity index (χ1n) is 9.02. The molecule has 4 atom stereocenters. The van der Waals surface area contributed by atoms with Gasteiger partial charge in [0.1, 0.15) is 18.1 Å². The molecule has 1 aliphatic heterocycles. The van der Waals surface area contributed by atoms with E-state index in [0.29, 0.717) is 12.8 Å². The summed E-state index contributed by atoms with van der Waals surface area (Å²) in [7, 11) is 0. The number of aliphatic carboxylic acids is 1. The quantitative estimate of drug-likeness (QED) is 0.172. The number of primary amides is 1. The number of aliphatic hydroxyl groups excluding tert-OH is 2. The number of amides is 4. The van der Waals surface area contributed by atoms with Crippen LogP contribution in [0.15, 0.2) is 0 Å². The number of nitrogens with one attached hydrogen (secondary N) is 2.